The zero-order valence-corrected chi connectivity index (χ0v) is 4.85. The molecule has 2 nitrogen and oxygen atoms in total. The van der Waals surface area contributed by atoms with Gasteiger partial charge in [-0.15, -0.1) is 0 Å². The van der Waals surface area contributed by atoms with Gasteiger partial charge in [-0.1, -0.05) is 6.58 Å². The number of allylic oxidation sites excluding steroid dienone is 1. The van der Waals surface area contributed by atoms with Crippen molar-refractivity contribution in [2.24, 2.45) is 0 Å². The molecule has 1 aliphatic heterocycles. The highest BCUT2D eigenvalue weighted by Gasteiger charge is 2.01. The van der Waals surface area contributed by atoms with E-state index in [2.05, 4.69) is 6.58 Å². The van der Waals surface area contributed by atoms with E-state index in [1.54, 1.807) is 0 Å². The van der Waals surface area contributed by atoms with Crippen LogP contribution in [-0.2, 0) is 9.78 Å². The Morgan fingerprint density at radius 3 is 3.12 bits per heavy atom. The van der Waals surface area contributed by atoms with E-state index in [1.807, 2.05) is 0 Å². The molecule has 0 aliphatic carbocycles. The topological polar surface area (TPSA) is 18.5 Å². The maximum atomic E-state index is 4.71. The summed E-state index contributed by atoms with van der Waals surface area (Å²) in [5.74, 6) is 0.752. The van der Waals surface area contributed by atoms with Gasteiger partial charge in [0.2, 0.25) is 0 Å². The van der Waals surface area contributed by atoms with Crippen molar-refractivity contribution in [3.05, 3.63) is 12.3 Å². The first kappa shape index (κ1) is 5.63. The summed E-state index contributed by atoms with van der Waals surface area (Å²) in [4.78, 5) is 9.42. The molecule has 0 aromatic rings. The lowest BCUT2D eigenvalue weighted by atomic mass is 10.2. The molecule has 0 radical (unpaired) electrons. The van der Waals surface area contributed by atoms with E-state index < -0.39 is 0 Å². The molecule has 0 aromatic heterocycles. The van der Waals surface area contributed by atoms with E-state index in [0.717, 1.165) is 25.0 Å². The lowest BCUT2D eigenvalue weighted by Crippen LogP contribution is -1.88. The highest BCUT2D eigenvalue weighted by molar-refractivity contribution is 4.80. The van der Waals surface area contributed by atoms with Gasteiger partial charge in [-0.3, -0.25) is 0 Å². The van der Waals surface area contributed by atoms with Gasteiger partial charge >= 0.3 is 0 Å². The van der Waals surface area contributed by atoms with Gasteiger partial charge in [0.1, 0.15) is 5.76 Å². The highest BCUT2D eigenvalue weighted by atomic mass is 17.2. The van der Waals surface area contributed by atoms with Crippen molar-refractivity contribution in [1.29, 1.82) is 0 Å². The molecule has 0 bridgehead atoms. The molecule has 0 N–H and O–H groups in total. The van der Waals surface area contributed by atoms with Crippen LogP contribution in [0.2, 0.25) is 0 Å². The summed E-state index contributed by atoms with van der Waals surface area (Å²) in [5.41, 5.74) is 0. The molecule has 1 fully saturated rings. The maximum Gasteiger partial charge on any atom is 0.135 e. The van der Waals surface area contributed by atoms with Gasteiger partial charge in [0.15, 0.2) is 0 Å². The van der Waals surface area contributed by atoms with Gasteiger partial charge in [0, 0.05) is 6.42 Å². The van der Waals surface area contributed by atoms with Crippen molar-refractivity contribution < 1.29 is 9.78 Å². The second-order valence-corrected chi connectivity index (χ2v) is 1.90. The first-order valence-corrected chi connectivity index (χ1v) is 2.87. The third-order valence-corrected chi connectivity index (χ3v) is 1.11. The second kappa shape index (κ2) is 2.72. The first-order chi connectivity index (χ1) is 3.89. The van der Waals surface area contributed by atoms with Crippen molar-refractivity contribution in [2.75, 3.05) is 6.61 Å². The molecule has 0 aromatic carbocycles. The predicted octanol–water partition coefficient (Wildman–Crippen LogP) is 1.63. The summed E-state index contributed by atoms with van der Waals surface area (Å²) < 4.78 is 0. The minimum Gasteiger partial charge on any atom is -0.343 e. The molecule has 1 saturated heterocycles. The fraction of sp³-hybridized carbons (Fsp3) is 0.667. The van der Waals surface area contributed by atoms with Crippen LogP contribution in [0, 0.1) is 0 Å². The summed E-state index contributed by atoms with van der Waals surface area (Å²) in [6.07, 6.45) is 3.16. The minimum atomic E-state index is 0.707. The Morgan fingerprint density at radius 2 is 2.25 bits per heavy atom. The second-order valence-electron chi connectivity index (χ2n) is 1.90. The lowest BCUT2D eigenvalue weighted by Gasteiger charge is -1.97. The fourth-order valence-corrected chi connectivity index (χ4v) is 0.650. The Hall–Kier alpha value is -0.500. The number of hydrogen-bond donors (Lipinski definition) is 0. The van der Waals surface area contributed by atoms with E-state index in [9.17, 15) is 0 Å². The number of hydrogen-bond acceptors (Lipinski definition) is 2. The molecule has 0 saturated carbocycles. The zero-order chi connectivity index (χ0) is 5.82. The van der Waals surface area contributed by atoms with Crippen LogP contribution in [0.25, 0.3) is 0 Å². The van der Waals surface area contributed by atoms with Gasteiger partial charge in [-0.2, -0.15) is 4.89 Å². The normalized spacial score (nSPS) is 21.8. The fourth-order valence-electron chi connectivity index (χ4n) is 0.650. The average Bonchev–Trinajstić information content (AvgIpc) is 1.94. The predicted molar refractivity (Wildman–Crippen MR) is 30.0 cm³/mol. The Bertz CT molecular complexity index is 78.5. The van der Waals surface area contributed by atoms with E-state index in [4.69, 9.17) is 9.78 Å². The van der Waals surface area contributed by atoms with Crippen LogP contribution in [0.15, 0.2) is 12.3 Å². The van der Waals surface area contributed by atoms with Crippen LogP contribution in [0.4, 0.5) is 0 Å². The van der Waals surface area contributed by atoms with Crippen LogP contribution in [0.1, 0.15) is 19.3 Å². The molecule has 46 valence electrons. The smallest absolute Gasteiger partial charge is 0.135 e. The first-order valence-electron chi connectivity index (χ1n) is 2.87. The molecule has 0 atom stereocenters. The summed E-state index contributed by atoms with van der Waals surface area (Å²) in [6.45, 7) is 4.33. The summed E-state index contributed by atoms with van der Waals surface area (Å²) in [7, 11) is 0. The van der Waals surface area contributed by atoms with Gasteiger partial charge in [-0.25, -0.2) is 0 Å². The molecule has 2 heteroatoms. The zero-order valence-electron chi connectivity index (χ0n) is 4.85. The monoisotopic (exact) mass is 114 g/mol. The summed E-state index contributed by atoms with van der Waals surface area (Å²) in [6, 6.07) is 0. The molecular weight excluding hydrogens is 104 g/mol. The molecule has 0 spiro atoms. The van der Waals surface area contributed by atoms with Crippen LogP contribution in [-0.4, -0.2) is 6.61 Å². The van der Waals surface area contributed by atoms with Gasteiger partial charge in [-0.05, 0) is 12.8 Å². The molecule has 0 unspecified atom stereocenters. The van der Waals surface area contributed by atoms with E-state index >= 15 is 0 Å². The Labute approximate surface area is 49.0 Å². The highest BCUT2D eigenvalue weighted by Crippen LogP contribution is 2.11. The van der Waals surface area contributed by atoms with E-state index in [1.165, 1.54) is 0 Å². The van der Waals surface area contributed by atoms with Crippen molar-refractivity contribution in [3.8, 4) is 0 Å². The molecule has 1 heterocycles. The average molecular weight is 114 g/mol. The standard InChI is InChI=1S/C6H10O2/c1-6-4-2-3-5-7-8-6/h1-5H2. The third kappa shape index (κ3) is 1.54. The van der Waals surface area contributed by atoms with Crippen molar-refractivity contribution in [3.63, 3.8) is 0 Å². The lowest BCUT2D eigenvalue weighted by molar-refractivity contribution is -0.257. The quantitative estimate of drug-likeness (QED) is 0.445. The van der Waals surface area contributed by atoms with Gasteiger partial charge < -0.3 is 4.89 Å². The summed E-state index contributed by atoms with van der Waals surface area (Å²) >= 11 is 0. The van der Waals surface area contributed by atoms with Crippen LogP contribution in [0.3, 0.4) is 0 Å². The van der Waals surface area contributed by atoms with Crippen molar-refractivity contribution in [1.82, 2.24) is 0 Å². The van der Waals surface area contributed by atoms with E-state index in [0.29, 0.717) is 6.61 Å². The minimum absolute atomic E-state index is 0.707. The van der Waals surface area contributed by atoms with Gasteiger partial charge in [0.05, 0.1) is 6.61 Å². The van der Waals surface area contributed by atoms with Crippen LogP contribution >= 0.6 is 0 Å². The van der Waals surface area contributed by atoms with Crippen molar-refractivity contribution >= 4 is 0 Å². The van der Waals surface area contributed by atoms with Crippen LogP contribution in [0.5, 0.6) is 0 Å². The SMILES string of the molecule is C=C1CCCCOO1. The molecule has 8 heavy (non-hydrogen) atoms. The number of rotatable bonds is 0. The molecule has 1 rings (SSSR count). The summed E-state index contributed by atoms with van der Waals surface area (Å²) in [5, 5.41) is 0. The van der Waals surface area contributed by atoms with Gasteiger partial charge in [0.25, 0.3) is 0 Å². The maximum absolute atomic E-state index is 4.71. The third-order valence-electron chi connectivity index (χ3n) is 1.11. The Kier molecular flexibility index (Phi) is 1.92. The van der Waals surface area contributed by atoms with Crippen molar-refractivity contribution in [2.45, 2.75) is 19.3 Å². The Balaban J connectivity index is 2.27. The molecule has 0 amide bonds. The molecule has 1 aliphatic rings. The largest absolute Gasteiger partial charge is 0.343 e. The van der Waals surface area contributed by atoms with E-state index in [-0.39, 0.29) is 0 Å². The van der Waals surface area contributed by atoms with Crippen LogP contribution < -0.4 is 0 Å². The molecular formula is C6H10O2. The Morgan fingerprint density at radius 1 is 1.38 bits per heavy atom.